The van der Waals surface area contributed by atoms with Crippen LogP contribution in [0.2, 0.25) is 0 Å². The van der Waals surface area contributed by atoms with E-state index in [1.807, 2.05) is 78.8 Å². The average Bonchev–Trinajstić information content (AvgIpc) is 3.56. The van der Waals surface area contributed by atoms with Crippen molar-refractivity contribution in [2.75, 3.05) is 19.7 Å². The van der Waals surface area contributed by atoms with E-state index in [0.29, 0.717) is 75.6 Å². The summed E-state index contributed by atoms with van der Waals surface area (Å²) in [5.74, 6) is -1.68. The summed E-state index contributed by atoms with van der Waals surface area (Å²) in [6.07, 6.45) is -1.39. The summed E-state index contributed by atoms with van der Waals surface area (Å²) in [5.41, 5.74) is 8.64. The Balaban J connectivity index is 0.00000111. The van der Waals surface area contributed by atoms with Gasteiger partial charge in [-0.05, 0) is 138 Å². The summed E-state index contributed by atoms with van der Waals surface area (Å²) in [4.78, 5) is 61.1. The number of benzene rings is 2. The molecule has 1 atom stereocenters. The fourth-order valence-electron chi connectivity index (χ4n) is 7.05. The van der Waals surface area contributed by atoms with Gasteiger partial charge in [0.2, 0.25) is 5.91 Å². The van der Waals surface area contributed by atoms with Gasteiger partial charge in [0.25, 0.3) is 10.0 Å². The molecule has 0 aromatic heterocycles. The lowest BCUT2D eigenvalue weighted by Crippen LogP contribution is -2.43. The third-order valence-corrected chi connectivity index (χ3v) is 11.9. The fourth-order valence-corrected chi connectivity index (χ4v) is 8.59. The molecule has 0 unspecified atom stereocenters. The number of nitrogens with zero attached hydrogens (tertiary/aromatic N) is 2. The quantitative estimate of drug-likeness (QED) is 0.0443. The predicted octanol–water partition coefficient (Wildman–Crippen LogP) is 9.51. The number of halogens is 3. The number of amides is 2. The number of alkyl halides is 3. The number of nitrogens with one attached hydrogen (secondary N) is 1. The summed E-state index contributed by atoms with van der Waals surface area (Å²) in [6.45, 7) is 25.9. The lowest BCUT2D eigenvalue weighted by atomic mass is 9.94. The predicted molar refractivity (Wildman–Crippen MR) is 260 cm³/mol. The maximum atomic E-state index is 13.5. The molecule has 0 spiro atoms. The van der Waals surface area contributed by atoms with Crippen LogP contribution in [0.3, 0.4) is 0 Å². The molecule has 3 rings (SSSR count). The number of esters is 2. The van der Waals surface area contributed by atoms with Gasteiger partial charge in [-0.2, -0.15) is 21.6 Å². The number of hydrogen-bond donors (Lipinski definition) is 2. The van der Waals surface area contributed by atoms with Crippen LogP contribution in [0.25, 0.3) is 0 Å². The Bertz CT molecular complexity index is 2180. The Labute approximate surface area is 407 Å². The number of Topliss-reactive ketones (excluding diaryl/α,β-unsaturated/α-hetero) is 1. The number of carbonyl (C=O) groups excluding carboxylic acids is 5. The highest BCUT2D eigenvalue weighted by Gasteiger charge is 2.40. The fraction of sp³-hybridized carbons (Fsp3) is 0.640. The Morgan fingerprint density at radius 3 is 1.94 bits per heavy atom. The van der Waals surface area contributed by atoms with E-state index in [1.54, 1.807) is 46.4 Å². The maximum Gasteiger partial charge on any atom is 0.490 e. The SMILES string of the molecule is CCC(=O)OC(C)(C)C.CCN(CCCC(=O)[C@H](CCCCC(N)=NS(=O)(=O)c1c(C)c(C)c2c(c1C)CC(C)(C)O2)NC(=O)OC(C)(C)C)C(=O)CCc1ccccc1.CCOC(=O)C(F)(F)F. The third kappa shape index (κ3) is 22.8. The number of rotatable bonds is 19. The summed E-state index contributed by atoms with van der Waals surface area (Å²) in [6, 6.07) is 9.03. The number of unbranched alkanes of at least 4 members (excludes halogenated alkanes) is 1. The van der Waals surface area contributed by atoms with Crippen LogP contribution in [-0.4, -0.2) is 97.6 Å². The van der Waals surface area contributed by atoms with Crippen molar-refractivity contribution in [3.63, 3.8) is 0 Å². The van der Waals surface area contributed by atoms with Gasteiger partial charge in [-0.15, -0.1) is 4.40 Å². The zero-order chi connectivity index (χ0) is 53.1. The first-order valence-corrected chi connectivity index (χ1v) is 24.8. The van der Waals surface area contributed by atoms with E-state index in [1.165, 1.54) is 6.92 Å². The zero-order valence-corrected chi connectivity index (χ0v) is 44.0. The highest BCUT2D eigenvalue weighted by molar-refractivity contribution is 7.90. The Morgan fingerprint density at radius 1 is 0.855 bits per heavy atom. The molecule has 69 heavy (non-hydrogen) atoms. The molecule has 19 heteroatoms. The van der Waals surface area contributed by atoms with E-state index in [2.05, 4.69) is 14.5 Å². The second kappa shape index (κ2) is 27.3. The first kappa shape index (κ1) is 61.8. The summed E-state index contributed by atoms with van der Waals surface area (Å²) >= 11 is 0. The molecule has 2 amide bonds. The van der Waals surface area contributed by atoms with Crippen molar-refractivity contribution in [3.8, 4) is 5.75 Å². The maximum absolute atomic E-state index is 13.5. The molecule has 2 aromatic carbocycles. The monoisotopic (exact) mass is 999 g/mol. The van der Waals surface area contributed by atoms with Gasteiger partial charge >= 0.3 is 24.2 Å². The van der Waals surface area contributed by atoms with Crippen LogP contribution in [-0.2, 0) is 56.3 Å². The van der Waals surface area contributed by atoms with Crippen LogP contribution in [0.4, 0.5) is 18.0 Å². The molecule has 15 nitrogen and oxygen atoms in total. The summed E-state index contributed by atoms with van der Waals surface area (Å²) < 4.78 is 84.7. The number of hydrogen-bond acceptors (Lipinski definition) is 11. The number of fused-ring (bicyclic) bond motifs is 1. The van der Waals surface area contributed by atoms with Crippen molar-refractivity contribution in [3.05, 3.63) is 58.1 Å². The lowest BCUT2D eigenvalue weighted by molar-refractivity contribution is -0.199. The van der Waals surface area contributed by atoms with Crippen molar-refractivity contribution in [2.24, 2.45) is 10.1 Å². The highest BCUT2D eigenvalue weighted by atomic mass is 32.2. The molecule has 0 bridgehead atoms. The van der Waals surface area contributed by atoms with Gasteiger partial charge in [-0.3, -0.25) is 14.4 Å². The molecule has 2 aromatic rings. The number of aryl methyl sites for hydroxylation is 1. The Morgan fingerprint density at radius 2 is 1.45 bits per heavy atom. The molecule has 0 saturated heterocycles. The number of nitrogens with two attached hydrogens (primary N) is 1. The minimum Gasteiger partial charge on any atom is -0.487 e. The minimum atomic E-state index is -4.85. The van der Waals surface area contributed by atoms with Crippen LogP contribution >= 0.6 is 0 Å². The molecule has 1 aliphatic heterocycles. The van der Waals surface area contributed by atoms with Crippen LogP contribution in [0.5, 0.6) is 5.75 Å². The number of ether oxygens (including phenoxy) is 4. The number of sulfonamides is 1. The molecule has 0 saturated carbocycles. The molecule has 0 fully saturated rings. The molecule has 1 aliphatic rings. The van der Waals surface area contributed by atoms with E-state index >= 15 is 0 Å². The van der Waals surface area contributed by atoms with Crippen molar-refractivity contribution < 1.29 is 64.5 Å². The second-order valence-corrected chi connectivity index (χ2v) is 20.8. The Hall–Kier alpha value is -5.20. The number of amidine groups is 1. The van der Waals surface area contributed by atoms with E-state index in [9.17, 15) is 45.6 Å². The van der Waals surface area contributed by atoms with Crippen molar-refractivity contribution in [1.82, 2.24) is 10.2 Å². The van der Waals surface area contributed by atoms with Crippen LogP contribution in [0.1, 0.15) is 155 Å². The van der Waals surface area contributed by atoms with Gasteiger partial charge in [0.05, 0.1) is 17.5 Å². The van der Waals surface area contributed by atoms with Gasteiger partial charge < -0.3 is 34.9 Å². The smallest absolute Gasteiger partial charge is 0.487 e. The second-order valence-electron chi connectivity index (χ2n) is 19.2. The third-order valence-electron chi connectivity index (χ3n) is 10.3. The van der Waals surface area contributed by atoms with Crippen molar-refractivity contribution in [2.45, 2.75) is 195 Å². The van der Waals surface area contributed by atoms with Crippen molar-refractivity contribution in [1.29, 1.82) is 0 Å². The highest BCUT2D eigenvalue weighted by Crippen LogP contribution is 2.44. The Kier molecular flexibility index (Phi) is 24.4. The first-order chi connectivity index (χ1) is 31.7. The molecule has 3 N–H and O–H groups in total. The van der Waals surface area contributed by atoms with Crippen LogP contribution in [0, 0.1) is 20.8 Å². The van der Waals surface area contributed by atoms with Crippen LogP contribution < -0.4 is 15.8 Å². The largest absolute Gasteiger partial charge is 0.490 e. The summed E-state index contributed by atoms with van der Waals surface area (Å²) in [5, 5.41) is 2.72. The minimum absolute atomic E-state index is 0.0249. The molecule has 0 aliphatic carbocycles. The van der Waals surface area contributed by atoms with Crippen molar-refractivity contribution >= 4 is 45.6 Å². The zero-order valence-electron chi connectivity index (χ0n) is 43.2. The van der Waals surface area contributed by atoms with E-state index in [-0.39, 0.29) is 53.4 Å². The number of alkyl carbamates (subject to hydrolysis) is 1. The van der Waals surface area contributed by atoms with Gasteiger partial charge in [-0.1, -0.05) is 43.7 Å². The van der Waals surface area contributed by atoms with Gasteiger partial charge in [0.15, 0.2) is 5.78 Å². The average molecular weight is 999 g/mol. The van der Waals surface area contributed by atoms with Gasteiger partial charge in [0.1, 0.15) is 28.4 Å². The van der Waals surface area contributed by atoms with Gasteiger partial charge in [-0.25, -0.2) is 9.59 Å². The van der Waals surface area contributed by atoms with Crippen LogP contribution in [0.15, 0.2) is 39.6 Å². The molecular formula is C50H77F3N4O11S. The molecule has 1 heterocycles. The van der Waals surface area contributed by atoms with Gasteiger partial charge in [0, 0.05) is 50.8 Å². The number of carbonyl (C=O) groups is 5. The normalized spacial score (nSPS) is 13.8. The first-order valence-electron chi connectivity index (χ1n) is 23.4. The molecular weight excluding hydrogens is 922 g/mol. The molecule has 0 radical (unpaired) electrons. The topological polar surface area (TPSA) is 210 Å². The number of ketones is 1. The van der Waals surface area contributed by atoms with E-state index < -0.39 is 45.5 Å². The van der Waals surface area contributed by atoms with E-state index in [0.717, 1.165) is 22.4 Å². The molecule has 390 valence electrons. The summed E-state index contributed by atoms with van der Waals surface area (Å²) in [7, 11) is -4.09. The standard InChI is InChI=1S/C39H58N4O7S.C7H14O2.C4H5F3O2/c1-10-43(34(45)23-22-29-17-12-11-13-18-29)24-16-20-32(44)31(41-37(46)50-38(5,6)7)19-14-15-21-33(40)42-51(47,48)36-27(3)26(2)35-30(28(36)4)25-39(8,9)49-35;1-5-6(8)9-7(2,3)4;1-2-9-3(8)4(5,6)7/h11-13,17-18,31H,10,14-16,19-25H2,1-9H3,(H2,40,42)(H,41,46);5H2,1-4H3;2H2,1H3/t31-;;/m0../s1. The van der Waals surface area contributed by atoms with E-state index in [4.69, 9.17) is 19.9 Å². The lowest BCUT2D eigenvalue weighted by Gasteiger charge is -2.24.